The number of methoxy groups -OCH3 is 3. The topological polar surface area (TPSA) is 76.0 Å². The smallest absolute Gasteiger partial charge is 0.341 e. The highest BCUT2D eigenvalue weighted by atomic mass is 16.5. The number of carbonyl (C=O) groups excluding carboxylic acids is 2. The SMILES string of the molecule is COc1ccc2c(c1)c(C(=O)OCC(=O)c1ccc(OC)c(OC)c1)c(C)n2C1CC1. The molecular formula is C24H25NO6. The Labute approximate surface area is 180 Å². The Morgan fingerprint density at radius 1 is 0.968 bits per heavy atom. The van der Waals surface area contributed by atoms with E-state index in [0.29, 0.717) is 34.4 Å². The first kappa shape index (κ1) is 20.8. The third-order valence-corrected chi connectivity index (χ3v) is 5.61. The number of ketones is 1. The first-order valence-electron chi connectivity index (χ1n) is 10.1. The summed E-state index contributed by atoms with van der Waals surface area (Å²) in [5.74, 6) is 0.777. The van der Waals surface area contributed by atoms with Gasteiger partial charge >= 0.3 is 5.97 Å². The van der Waals surface area contributed by atoms with Gasteiger partial charge in [-0.15, -0.1) is 0 Å². The number of hydrogen-bond acceptors (Lipinski definition) is 6. The molecule has 0 aliphatic heterocycles. The second kappa shape index (κ2) is 8.34. The molecule has 0 radical (unpaired) electrons. The molecular weight excluding hydrogens is 398 g/mol. The summed E-state index contributed by atoms with van der Waals surface area (Å²) in [5.41, 5.74) is 2.67. The third kappa shape index (κ3) is 3.83. The highest BCUT2D eigenvalue weighted by Gasteiger charge is 2.31. The number of aromatic nitrogens is 1. The Balaban J connectivity index is 1.59. The summed E-state index contributed by atoms with van der Waals surface area (Å²) < 4.78 is 23.4. The molecule has 0 spiro atoms. The second-order valence-electron chi connectivity index (χ2n) is 7.51. The van der Waals surface area contributed by atoms with Gasteiger partial charge in [0.2, 0.25) is 0 Å². The van der Waals surface area contributed by atoms with Crippen LogP contribution in [0.5, 0.6) is 17.2 Å². The lowest BCUT2D eigenvalue weighted by Crippen LogP contribution is -2.15. The molecule has 162 valence electrons. The number of carbonyl (C=O) groups is 2. The number of rotatable bonds is 8. The lowest BCUT2D eigenvalue weighted by Gasteiger charge is -2.10. The van der Waals surface area contributed by atoms with Crippen molar-refractivity contribution in [2.45, 2.75) is 25.8 Å². The van der Waals surface area contributed by atoms with Crippen molar-refractivity contribution in [3.8, 4) is 17.2 Å². The lowest BCUT2D eigenvalue weighted by atomic mass is 10.1. The monoisotopic (exact) mass is 423 g/mol. The number of fused-ring (bicyclic) bond motifs is 1. The summed E-state index contributed by atoms with van der Waals surface area (Å²) in [5, 5.41) is 0.771. The van der Waals surface area contributed by atoms with E-state index in [2.05, 4.69) is 4.57 Å². The van der Waals surface area contributed by atoms with Gasteiger partial charge in [-0.25, -0.2) is 4.79 Å². The zero-order valence-electron chi connectivity index (χ0n) is 18.1. The van der Waals surface area contributed by atoms with Crippen LogP contribution >= 0.6 is 0 Å². The Kier molecular flexibility index (Phi) is 5.59. The van der Waals surface area contributed by atoms with Gasteiger partial charge in [0, 0.05) is 28.2 Å². The molecule has 1 saturated carbocycles. The molecule has 2 aromatic carbocycles. The van der Waals surface area contributed by atoms with E-state index in [0.717, 1.165) is 29.4 Å². The fourth-order valence-electron chi connectivity index (χ4n) is 3.91. The highest BCUT2D eigenvalue weighted by molar-refractivity contribution is 6.07. The second-order valence-corrected chi connectivity index (χ2v) is 7.51. The van der Waals surface area contributed by atoms with Crippen molar-refractivity contribution in [1.82, 2.24) is 4.57 Å². The summed E-state index contributed by atoms with van der Waals surface area (Å²) in [6, 6.07) is 10.9. The number of ether oxygens (including phenoxy) is 4. The van der Waals surface area contributed by atoms with Crippen LogP contribution in [0.25, 0.3) is 10.9 Å². The van der Waals surface area contributed by atoms with Gasteiger partial charge in [0.15, 0.2) is 23.9 Å². The molecule has 0 amide bonds. The van der Waals surface area contributed by atoms with Crippen LogP contribution in [-0.4, -0.2) is 44.3 Å². The predicted molar refractivity (Wildman–Crippen MR) is 116 cm³/mol. The molecule has 31 heavy (non-hydrogen) atoms. The Bertz CT molecular complexity index is 1160. The summed E-state index contributed by atoms with van der Waals surface area (Å²) in [7, 11) is 4.61. The number of Topliss-reactive ketones (excluding diaryl/α,β-unsaturated/α-hetero) is 1. The van der Waals surface area contributed by atoms with Crippen LogP contribution in [-0.2, 0) is 4.74 Å². The van der Waals surface area contributed by atoms with Crippen molar-refractivity contribution in [2.24, 2.45) is 0 Å². The molecule has 4 rings (SSSR count). The van der Waals surface area contributed by atoms with Crippen LogP contribution in [0.1, 0.15) is 45.3 Å². The number of esters is 1. The van der Waals surface area contributed by atoms with E-state index in [-0.39, 0.29) is 12.4 Å². The minimum atomic E-state index is -0.524. The van der Waals surface area contributed by atoms with Crippen LogP contribution < -0.4 is 14.2 Å². The molecule has 1 heterocycles. The number of benzene rings is 2. The summed E-state index contributed by atoms with van der Waals surface area (Å²) >= 11 is 0. The van der Waals surface area contributed by atoms with Crippen LogP contribution in [0.2, 0.25) is 0 Å². The number of nitrogens with zero attached hydrogens (tertiary/aromatic N) is 1. The summed E-state index contributed by atoms with van der Waals surface area (Å²) in [4.78, 5) is 25.6. The zero-order chi connectivity index (χ0) is 22.1. The van der Waals surface area contributed by atoms with Gasteiger partial charge in [0.25, 0.3) is 0 Å². The van der Waals surface area contributed by atoms with Crippen LogP contribution in [0.3, 0.4) is 0 Å². The predicted octanol–water partition coefficient (Wildman–Crippen LogP) is 4.35. The first-order chi connectivity index (χ1) is 15.0. The molecule has 0 atom stereocenters. The van der Waals surface area contributed by atoms with Gasteiger partial charge in [-0.2, -0.15) is 0 Å². The Hall–Kier alpha value is -3.48. The summed E-state index contributed by atoms with van der Waals surface area (Å²) in [6.45, 7) is 1.55. The molecule has 1 aliphatic rings. The molecule has 7 nitrogen and oxygen atoms in total. The van der Waals surface area contributed by atoms with Crippen molar-refractivity contribution in [3.05, 3.63) is 53.2 Å². The van der Waals surface area contributed by atoms with E-state index in [1.165, 1.54) is 14.2 Å². The largest absolute Gasteiger partial charge is 0.497 e. The fourth-order valence-corrected chi connectivity index (χ4v) is 3.91. The zero-order valence-corrected chi connectivity index (χ0v) is 18.1. The maximum atomic E-state index is 13.0. The average Bonchev–Trinajstić information content (AvgIpc) is 3.58. The minimum absolute atomic E-state index is 0.324. The van der Waals surface area contributed by atoms with E-state index in [1.54, 1.807) is 25.3 Å². The molecule has 0 N–H and O–H groups in total. The Morgan fingerprint density at radius 3 is 2.35 bits per heavy atom. The lowest BCUT2D eigenvalue weighted by molar-refractivity contribution is 0.0475. The third-order valence-electron chi connectivity index (χ3n) is 5.61. The Morgan fingerprint density at radius 2 is 1.71 bits per heavy atom. The van der Waals surface area contributed by atoms with E-state index in [1.807, 2.05) is 25.1 Å². The number of hydrogen-bond donors (Lipinski definition) is 0. The van der Waals surface area contributed by atoms with Crippen LogP contribution in [0, 0.1) is 6.92 Å². The highest BCUT2D eigenvalue weighted by Crippen LogP contribution is 2.42. The molecule has 3 aromatic rings. The van der Waals surface area contributed by atoms with Crippen LogP contribution in [0.15, 0.2) is 36.4 Å². The summed E-state index contributed by atoms with van der Waals surface area (Å²) in [6.07, 6.45) is 2.17. The maximum absolute atomic E-state index is 13.0. The molecule has 0 unspecified atom stereocenters. The molecule has 0 bridgehead atoms. The quantitative estimate of drug-likeness (QED) is 0.396. The molecule has 7 heteroatoms. The van der Waals surface area contributed by atoms with Gasteiger partial charge < -0.3 is 23.5 Å². The van der Waals surface area contributed by atoms with Gasteiger partial charge in [-0.05, 0) is 56.2 Å². The normalized spacial score (nSPS) is 13.2. The van der Waals surface area contributed by atoms with E-state index in [4.69, 9.17) is 18.9 Å². The molecule has 0 saturated heterocycles. The van der Waals surface area contributed by atoms with Crippen LogP contribution in [0.4, 0.5) is 0 Å². The van der Waals surface area contributed by atoms with Crippen molar-refractivity contribution in [2.75, 3.05) is 27.9 Å². The van der Waals surface area contributed by atoms with Crippen molar-refractivity contribution in [1.29, 1.82) is 0 Å². The first-order valence-corrected chi connectivity index (χ1v) is 10.1. The van der Waals surface area contributed by atoms with Crippen molar-refractivity contribution < 1.29 is 28.5 Å². The van der Waals surface area contributed by atoms with Gasteiger partial charge in [0.05, 0.1) is 26.9 Å². The van der Waals surface area contributed by atoms with Crippen molar-refractivity contribution in [3.63, 3.8) is 0 Å². The van der Waals surface area contributed by atoms with Gasteiger partial charge in [0.1, 0.15) is 5.75 Å². The fraction of sp³-hybridized carbons (Fsp3) is 0.333. The minimum Gasteiger partial charge on any atom is -0.497 e. The molecule has 1 aliphatic carbocycles. The van der Waals surface area contributed by atoms with Crippen molar-refractivity contribution >= 4 is 22.7 Å². The van der Waals surface area contributed by atoms with E-state index < -0.39 is 5.97 Å². The van der Waals surface area contributed by atoms with E-state index >= 15 is 0 Å². The molecule has 1 aromatic heterocycles. The average molecular weight is 423 g/mol. The maximum Gasteiger partial charge on any atom is 0.341 e. The molecule has 1 fully saturated rings. The standard InChI is InChI=1S/C24H25NO6/c1-14-23(18-12-17(28-2)8-9-19(18)25(14)16-6-7-16)24(27)31-13-20(26)15-5-10-21(29-3)22(11-15)30-4/h5,8-12,16H,6-7,13H2,1-4H3. The van der Waals surface area contributed by atoms with E-state index in [9.17, 15) is 9.59 Å². The van der Waals surface area contributed by atoms with Gasteiger partial charge in [-0.1, -0.05) is 0 Å². The van der Waals surface area contributed by atoms with Gasteiger partial charge in [-0.3, -0.25) is 4.79 Å².